The zero-order valence-corrected chi connectivity index (χ0v) is 13.1. The van der Waals surface area contributed by atoms with Gasteiger partial charge in [0, 0.05) is 32.8 Å². The van der Waals surface area contributed by atoms with Gasteiger partial charge in [-0.3, -0.25) is 4.79 Å². The molecule has 1 aliphatic heterocycles. The normalized spacial score (nSPS) is 22.1. The lowest BCUT2D eigenvalue weighted by Gasteiger charge is -2.34. The Morgan fingerprint density at radius 1 is 1.57 bits per heavy atom. The lowest BCUT2D eigenvalue weighted by molar-refractivity contribution is -0.138. The number of imidazole rings is 1. The molecule has 1 aromatic rings. The average molecular weight is 315 g/mol. The Labute approximate surface area is 124 Å². The predicted octanol–water partition coefficient (Wildman–Crippen LogP) is 0.932. The van der Waals surface area contributed by atoms with E-state index in [0.29, 0.717) is 13.1 Å². The minimum atomic E-state index is -3.58. The molecule has 2 rings (SSSR count). The van der Waals surface area contributed by atoms with Crippen molar-refractivity contribution in [1.82, 2.24) is 13.9 Å². The molecule has 0 saturated carbocycles. The molecule has 118 valence electrons. The minimum Gasteiger partial charge on any atom is -0.481 e. The maximum atomic E-state index is 12.5. The first-order valence-corrected chi connectivity index (χ1v) is 8.44. The Morgan fingerprint density at radius 2 is 2.29 bits per heavy atom. The van der Waals surface area contributed by atoms with Crippen molar-refractivity contribution >= 4 is 16.0 Å². The Balaban J connectivity index is 2.12. The molecule has 0 bridgehead atoms. The van der Waals surface area contributed by atoms with Crippen LogP contribution in [0, 0.1) is 11.8 Å². The molecule has 1 aliphatic rings. The summed E-state index contributed by atoms with van der Waals surface area (Å²) >= 11 is 0. The van der Waals surface area contributed by atoms with Crippen LogP contribution in [0.1, 0.15) is 26.2 Å². The fourth-order valence-electron chi connectivity index (χ4n) is 2.75. The monoisotopic (exact) mass is 315 g/mol. The van der Waals surface area contributed by atoms with Gasteiger partial charge in [0.2, 0.25) is 0 Å². The number of hydrogen-bond donors (Lipinski definition) is 1. The Morgan fingerprint density at radius 3 is 2.86 bits per heavy atom. The number of carbonyl (C=O) groups is 1. The van der Waals surface area contributed by atoms with Crippen LogP contribution in [0.3, 0.4) is 0 Å². The summed E-state index contributed by atoms with van der Waals surface area (Å²) in [6.45, 7) is 2.71. The summed E-state index contributed by atoms with van der Waals surface area (Å²) in [5.41, 5.74) is 0. The zero-order chi connectivity index (χ0) is 15.6. The molecular formula is C13H21N3O4S. The van der Waals surface area contributed by atoms with E-state index >= 15 is 0 Å². The maximum absolute atomic E-state index is 12.5. The summed E-state index contributed by atoms with van der Waals surface area (Å²) in [4.78, 5) is 14.7. The zero-order valence-electron chi connectivity index (χ0n) is 12.3. The lowest BCUT2D eigenvalue weighted by atomic mass is 9.85. The Bertz CT molecular complexity index is 611. The summed E-state index contributed by atoms with van der Waals surface area (Å²) in [6.07, 6.45) is 4.63. The summed E-state index contributed by atoms with van der Waals surface area (Å²) in [6, 6.07) is 0. The molecule has 0 aromatic carbocycles. The van der Waals surface area contributed by atoms with E-state index in [2.05, 4.69) is 4.98 Å². The van der Waals surface area contributed by atoms with Gasteiger partial charge in [0.1, 0.15) is 0 Å². The molecule has 0 aliphatic carbocycles. The van der Waals surface area contributed by atoms with Crippen molar-refractivity contribution in [3.63, 3.8) is 0 Å². The van der Waals surface area contributed by atoms with Crippen molar-refractivity contribution in [3.05, 3.63) is 12.5 Å². The smallest absolute Gasteiger partial charge is 0.303 e. The summed E-state index contributed by atoms with van der Waals surface area (Å²) in [5, 5.41) is 8.93. The number of carboxylic acid groups (broad SMARTS) is 1. The number of piperidine rings is 1. The number of aromatic nitrogens is 2. The highest BCUT2D eigenvalue weighted by Gasteiger charge is 2.34. The van der Waals surface area contributed by atoms with Crippen molar-refractivity contribution in [2.75, 3.05) is 13.1 Å². The number of hydrogen-bond acceptors (Lipinski definition) is 4. The summed E-state index contributed by atoms with van der Waals surface area (Å²) in [5.74, 6) is -0.801. The summed E-state index contributed by atoms with van der Waals surface area (Å²) < 4.78 is 28.1. The first-order chi connectivity index (χ1) is 9.80. The van der Waals surface area contributed by atoms with E-state index in [1.807, 2.05) is 6.92 Å². The molecule has 2 heterocycles. The van der Waals surface area contributed by atoms with E-state index in [0.717, 1.165) is 12.8 Å². The molecule has 21 heavy (non-hydrogen) atoms. The largest absolute Gasteiger partial charge is 0.481 e. The van der Waals surface area contributed by atoms with Crippen molar-refractivity contribution in [2.45, 2.75) is 31.2 Å². The van der Waals surface area contributed by atoms with Gasteiger partial charge in [-0.15, -0.1) is 0 Å². The van der Waals surface area contributed by atoms with Crippen LogP contribution in [0.5, 0.6) is 0 Å². The molecular weight excluding hydrogens is 294 g/mol. The number of carboxylic acids is 1. The van der Waals surface area contributed by atoms with Crippen LogP contribution in [0.25, 0.3) is 0 Å². The maximum Gasteiger partial charge on any atom is 0.303 e. The molecule has 8 heteroatoms. The van der Waals surface area contributed by atoms with E-state index in [4.69, 9.17) is 5.11 Å². The number of rotatable bonds is 5. The fourth-order valence-corrected chi connectivity index (χ4v) is 4.25. The highest BCUT2D eigenvalue weighted by molar-refractivity contribution is 7.89. The molecule has 1 aromatic heterocycles. The average Bonchev–Trinajstić information content (AvgIpc) is 2.85. The third-order valence-corrected chi connectivity index (χ3v) is 5.76. The van der Waals surface area contributed by atoms with Crippen LogP contribution in [-0.4, -0.2) is 46.4 Å². The highest BCUT2D eigenvalue weighted by Crippen LogP contribution is 2.29. The lowest BCUT2D eigenvalue weighted by Crippen LogP contribution is -2.42. The van der Waals surface area contributed by atoms with E-state index < -0.39 is 16.0 Å². The third-order valence-electron chi connectivity index (χ3n) is 4.01. The van der Waals surface area contributed by atoms with Gasteiger partial charge in [0.25, 0.3) is 10.0 Å². The van der Waals surface area contributed by atoms with Gasteiger partial charge >= 0.3 is 5.97 Å². The van der Waals surface area contributed by atoms with Crippen molar-refractivity contribution in [2.24, 2.45) is 18.9 Å². The van der Waals surface area contributed by atoms with Crippen LogP contribution >= 0.6 is 0 Å². The molecule has 2 atom stereocenters. The second-order valence-electron chi connectivity index (χ2n) is 5.72. The second kappa shape index (κ2) is 6.15. The molecule has 7 nitrogen and oxygen atoms in total. The quantitative estimate of drug-likeness (QED) is 0.872. The Hall–Kier alpha value is -1.41. The van der Waals surface area contributed by atoms with Gasteiger partial charge in [-0.2, -0.15) is 4.31 Å². The number of nitrogens with zero attached hydrogens (tertiary/aromatic N) is 3. The van der Waals surface area contributed by atoms with Gasteiger partial charge in [-0.05, 0) is 24.7 Å². The molecule has 1 saturated heterocycles. The molecule has 0 spiro atoms. The van der Waals surface area contributed by atoms with Crippen LogP contribution in [0.15, 0.2) is 17.6 Å². The van der Waals surface area contributed by atoms with Crippen molar-refractivity contribution in [1.29, 1.82) is 0 Å². The molecule has 0 amide bonds. The van der Waals surface area contributed by atoms with Crippen molar-refractivity contribution < 1.29 is 18.3 Å². The first-order valence-electron chi connectivity index (χ1n) is 7.00. The van der Waals surface area contributed by atoms with Crippen LogP contribution in [-0.2, 0) is 21.9 Å². The van der Waals surface area contributed by atoms with Gasteiger partial charge in [-0.25, -0.2) is 13.4 Å². The SMILES string of the molecule is CC(CC(=O)O)C1CCCN(S(=O)(=O)c2cn(C)cn2)C1. The van der Waals surface area contributed by atoms with Gasteiger partial charge in [0.15, 0.2) is 5.03 Å². The van der Waals surface area contributed by atoms with Gasteiger partial charge in [-0.1, -0.05) is 6.92 Å². The molecule has 2 unspecified atom stereocenters. The van der Waals surface area contributed by atoms with Crippen molar-refractivity contribution in [3.8, 4) is 0 Å². The first kappa shape index (κ1) is 16.0. The van der Waals surface area contributed by atoms with Gasteiger partial charge < -0.3 is 9.67 Å². The van der Waals surface area contributed by atoms with E-state index in [1.165, 1.54) is 16.8 Å². The molecule has 1 fully saturated rings. The van der Waals surface area contributed by atoms with Crippen LogP contribution in [0.2, 0.25) is 0 Å². The standard InChI is InChI=1S/C13H21N3O4S/c1-10(6-13(17)18)11-4-3-5-16(7-11)21(19,20)12-8-15(2)9-14-12/h8-11H,3-7H2,1-2H3,(H,17,18). The van der Waals surface area contributed by atoms with Gasteiger partial charge in [0.05, 0.1) is 6.33 Å². The number of aliphatic carboxylic acids is 1. The van der Waals surface area contributed by atoms with Crippen LogP contribution in [0.4, 0.5) is 0 Å². The molecule has 1 N–H and O–H groups in total. The second-order valence-corrected chi connectivity index (χ2v) is 7.60. The topological polar surface area (TPSA) is 92.5 Å². The number of aryl methyl sites for hydroxylation is 1. The molecule has 0 radical (unpaired) electrons. The van der Waals surface area contributed by atoms with Crippen LogP contribution < -0.4 is 0 Å². The predicted molar refractivity (Wildman–Crippen MR) is 76.1 cm³/mol. The van der Waals surface area contributed by atoms with E-state index in [-0.39, 0.29) is 23.3 Å². The van der Waals surface area contributed by atoms with E-state index in [9.17, 15) is 13.2 Å². The third kappa shape index (κ3) is 3.62. The Kier molecular flexibility index (Phi) is 4.67. The highest BCUT2D eigenvalue weighted by atomic mass is 32.2. The number of sulfonamides is 1. The summed E-state index contributed by atoms with van der Waals surface area (Å²) in [7, 11) is -1.86. The van der Waals surface area contributed by atoms with E-state index in [1.54, 1.807) is 11.6 Å². The fraction of sp³-hybridized carbons (Fsp3) is 0.692. The minimum absolute atomic E-state index is 0.0377.